The third kappa shape index (κ3) is 5.76. The topological polar surface area (TPSA) is 9.23 Å². The fraction of sp³-hybridized carbons (Fsp3) is 0.625. The fourth-order valence-electron chi connectivity index (χ4n) is 2.20. The maximum absolute atomic E-state index is 5.46. The summed E-state index contributed by atoms with van der Waals surface area (Å²) in [5.41, 5.74) is 3.00. The Morgan fingerprint density at radius 1 is 1.12 bits per heavy atom. The van der Waals surface area contributed by atoms with Gasteiger partial charge in [0.1, 0.15) is 0 Å². The van der Waals surface area contributed by atoms with Crippen LogP contribution in [0.5, 0.6) is 0 Å². The first-order valence-corrected chi connectivity index (χ1v) is 7.01. The van der Waals surface area contributed by atoms with E-state index in [2.05, 4.69) is 26.0 Å². The van der Waals surface area contributed by atoms with Crippen molar-refractivity contribution in [1.29, 1.82) is 0 Å². The first-order chi connectivity index (χ1) is 8.38. The van der Waals surface area contributed by atoms with Gasteiger partial charge in [-0.3, -0.25) is 0 Å². The van der Waals surface area contributed by atoms with Crippen LogP contribution in [0.4, 0.5) is 0 Å². The van der Waals surface area contributed by atoms with Gasteiger partial charge < -0.3 is 4.74 Å². The molecule has 0 aromatic heterocycles. The molecule has 1 saturated carbocycles. The van der Waals surface area contributed by atoms with E-state index in [1.807, 2.05) is 12.3 Å². The number of unbranched alkanes of at least 4 members (excludes halogenated alkanes) is 3. The molecular weight excluding hydrogens is 208 g/mol. The molecule has 1 rings (SSSR count). The first-order valence-electron chi connectivity index (χ1n) is 7.01. The molecule has 1 fully saturated rings. The van der Waals surface area contributed by atoms with Crippen LogP contribution in [0.25, 0.3) is 0 Å². The van der Waals surface area contributed by atoms with E-state index in [0.29, 0.717) is 0 Å². The Morgan fingerprint density at radius 2 is 1.94 bits per heavy atom. The van der Waals surface area contributed by atoms with E-state index in [9.17, 15) is 0 Å². The summed E-state index contributed by atoms with van der Waals surface area (Å²) >= 11 is 0. The Bertz CT molecular complexity index is 284. The molecule has 1 aliphatic carbocycles. The molecule has 0 N–H and O–H groups in total. The van der Waals surface area contributed by atoms with Gasteiger partial charge in [0.25, 0.3) is 0 Å². The van der Waals surface area contributed by atoms with Crippen LogP contribution in [0.15, 0.2) is 35.6 Å². The summed E-state index contributed by atoms with van der Waals surface area (Å²) in [5, 5.41) is 0. The molecule has 0 aromatic carbocycles. The monoisotopic (exact) mass is 234 g/mol. The maximum Gasteiger partial charge on any atom is 0.0873 e. The van der Waals surface area contributed by atoms with Crippen molar-refractivity contribution in [2.24, 2.45) is 0 Å². The van der Waals surface area contributed by atoms with Crippen molar-refractivity contribution in [1.82, 2.24) is 0 Å². The van der Waals surface area contributed by atoms with E-state index in [0.717, 1.165) is 6.61 Å². The number of hydrogen-bond donors (Lipinski definition) is 0. The molecule has 96 valence electrons. The summed E-state index contributed by atoms with van der Waals surface area (Å²) in [5.74, 6) is 0. The minimum atomic E-state index is 0.857. The molecule has 0 amide bonds. The molecule has 0 heterocycles. The highest BCUT2D eigenvalue weighted by Gasteiger charge is 2.10. The fourth-order valence-corrected chi connectivity index (χ4v) is 2.20. The largest absolute Gasteiger partial charge is 0.501 e. The number of rotatable bonds is 7. The summed E-state index contributed by atoms with van der Waals surface area (Å²) in [6, 6.07) is 0. The molecule has 0 bridgehead atoms. The lowest BCUT2D eigenvalue weighted by Gasteiger charge is -2.00. The van der Waals surface area contributed by atoms with Crippen LogP contribution in [0.1, 0.15) is 58.8 Å². The van der Waals surface area contributed by atoms with Crippen molar-refractivity contribution in [3.63, 3.8) is 0 Å². The standard InChI is InChI=1S/C16H26O/c1-3-5-6-7-13-17-14-9-12-16-11-8-10-15(16)4-2/h4,9,12,14H,3,5-8,10-11,13H2,1-2H3/b14-9+,15-4-,16-12-. The van der Waals surface area contributed by atoms with Gasteiger partial charge in [0.15, 0.2) is 0 Å². The van der Waals surface area contributed by atoms with Gasteiger partial charge in [0, 0.05) is 0 Å². The molecule has 1 aliphatic rings. The van der Waals surface area contributed by atoms with Crippen molar-refractivity contribution in [3.05, 3.63) is 35.6 Å². The zero-order valence-corrected chi connectivity index (χ0v) is 11.4. The molecule has 1 heteroatoms. The van der Waals surface area contributed by atoms with E-state index in [4.69, 9.17) is 4.74 Å². The Morgan fingerprint density at radius 3 is 2.71 bits per heavy atom. The molecule has 0 aliphatic heterocycles. The van der Waals surface area contributed by atoms with Crippen molar-refractivity contribution in [2.45, 2.75) is 58.8 Å². The van der Waals surface area contributed by atoms with Gasteiger partial charge in [-0.15, -0.1) is 0 Å². The van der Waals surface area contributed by atoms with Crippen molar-refractivity contribution >= 4 is 0 Å². The Balaban J connectivity index is 2.15. The lowest BCUT2D eigenvalue weighted by molar-refractivity contribution is 0.241. The predicted molar refractivity (Wildman–Crippen MR) is 74.9 cm³/mol. The quantitative estimate of drug-likeness (QED) is 0.437. The minimum Gasteiger partial charge on any atom is -0.501 e. The molecule has 0 spiro atoms. The van der Waals surface area contributed by atoms with Crippen molar-refractivity contribution in [3.8, 4) is 0 Å². The van der Waals surface area contributed by atoms with Gasteiger partial charge in [-0.2, -0.15) is 0 Å². The average molecular weight is 234 g/mol. The van der Waals surface area contributed by atoms with Crippen molar-refractivity contribution in [2.75, 3.05) is 6.61 Å². The van der Waals surface area contributed by atoms with Crippen LogP contribution in [0.3, 0.4) is 0 Å². The second-order valence-corrected chi connectivity index (χ2v) is 4.62. The second-order valence-electron chi connectivity index (χ2n) is 4.62. The SMILES string of the molecule is C/C=C1/CCC/C1=C/C=C/OCCCCCC. The maximum atomic E-state index is 5.46. The highest BCUT2D eigenvalue weighted by atomic mass is 16.5. The molecule has 0 atom stereocenters. The number of allylic oxidation sites excluding steroid dienone is 5. The minimum absolute atomic E-state index is 0.857. The zero-order valence-electron chi connectivity index (χ0n) is 11.4. The van der Waals surface area contributed by atoms with E-state index in [1.54, 1.807) is 0 Å². The molecule has 0 aromatic rings. The second kappa shape index (κ2) is 9.09. The van der Waals surface area contributed by atoms with Crippen LogP contribution in [0, 0.1) is 0 Å². The molecule has 17 heavy (non-hydrogen) atoms. The van der Waals surface area contributed by atoms with Gasteiger partial charge in [0.2, 0.25) is 0 Å². The summed E-state index contributed by atoms with van der Waals surface area (Å²) in [6.07, 6.45) is 17.2. The van der Waals surface area contributed by atoms with Crippen LogP contribution < -0.4 is 0 Å². The van der Waals surface area contributed by atoms with E-state index >= 15 is 0 Å². The lowest BCUT2D eigenvalue weighted by Crippen LogP contribution is -1.87. The smallest absolute Gasteiger partial charge is 0.0873 e. The van der Waals surface area contributed by atoms with Crippen LogP contribution in [0.2, 0.25) is 0 Å². The molecule has 0 radical (unpaired) electrons. The zero-order chi connectivity index (χ0) is 12.3. The van der Waals surface area contributed by atoms with Gasteiger partial charge in [-0.1, -0.05) is 38.3 Å². The lowest BCUT2D eigenvalue weighted by atomic mass is 10.1. The van der Waals surface area contributed by atoms with Crippen molar-refractivity contribution < 1.29 is 4.74 Å². The number of ether oxygens (including phenoxy) is 1. The summed E-state index contributed by atoms with van der Waals surface area (Å²) in [4.78, 5) is 0. The highest BCUT2D eigenvalue weighted by Crippen LogP contribution is 2.29. The van der Waals surface area contributed by atoms with E-state index < -0.39 is 0 Å². The number of hydrogen-bond acceptors (Lipinski definition) is 1. The van der Waals surface area contributed by atoms with Crippen LogP contribution >= 0.6 is 0 Å². The molecule has 0 unspecified atom stereocenters. The molecular formula is C16H26O. The third-order valence-electron chi connectivity index (χ3n) is 3.24. The first kappa shape index (κ1) is 14.1. The van der Waals surface area contributed by atoms with Crippen LogP contribution in [-0.4, -0.2) is 6.61 Å². The predicted octanol–water partition coefficient (Wildman–Crippen LogP) is 5.15. The third-order valence-corrected chi connectivity index (χ3v) is 3.24. The molecule has 0 saturated heterocycles. The highest BCUT2D eigenvalue weighted by molar-refractivity contribution is 5.36. The summed E-state index contributed by atoms with van der Waals surface area (Å²) in [7, 11) is 0. The summed E-state index contributed by atoms with van der Waals surface area (Å²) in [6.45, 7) is 5.21. The Kier molecular flexibility index (Phi) is 7.53. The van der Waals surface area contributed by atoms with Gasteiger partial charge in [-0.25, -0.2) is 0 Å². The van der Waals surface area contributed by atoms with E-state index in [-0.39, 0.29) is 0 Å². The van der Waals surface area contributed by atoms with Gasteiger partial charge >= 0.3 is 0 Å². The Hall–Kier alpha value is -0.980. The molecule has 1 nitrogen and oxygen atoms in total. The van der Waals surface area contributed by atoms with E-state index in [1.165, 1.54) is 56.1 Å². The Labute approximate surface area is 106 Å². The van der Waals surface area contributed by atoms with Crippen LogP contribution in [-0.2, 0) is 4.74 Å². The normalized spacial score (nSPS) is 20.8. The summed E-state index contributed by atoms with van der Waals surface area (Å²) < 4.78 is 5.46. The average Bonchev–Trinajstić information content (AvgIpc) is 2.80. The van der Waals surface area contributed by atoms with Gasteiger partial charge in [-0.05, 0) is 49.8 Å². The van der Waals surface area contributed by atoms with Gasteiger partial charge in [0.05, 0.1) is 12.9 Å².